The third-order valence-corrected chi connectivity index (χ3v) is 4.48. The first-order valence-electron chi connectivity index (χ1n) is 6.65. The van der Waals surface area contributed by atoms with Gasteiger partial charge < -0.3 is 0 Å². The van der Waals surface area contributed by atoms with Gasteiger partial charge in [-0.1, -0.05) is 49.2 Å². The van der Waals surface area contributed by atoms with Gasteiger partial charge in [0.25, 0.3) is 0 Å². The molecular weight excluding hydrogens is 383 g/mol. The van der Waals surface area contributed by atoms with Crippen LogP contribution in [0.2, 0.25) is 5.02 Å². The number of halogens is 2. The van der Waals surface area contributed by atoms with Crippen LogP contribution in [-0.2, 0) is 6.42 Å². The lowest BCUT2D eigenvalue weighted by atomic mass is 9.96. The number of hydrogen-bond acceptors (Lipinski definition) is 2. The molecule has 0 saturated carbocycles. The monoisotopic (exact) mass is 400 g/mol. The standard InChI is InChI=1S/C16H18ClIN2/c1-2-4-11-5-3-6-12(9-11)16(20-19)14-10-13(17)7-8-15(14)18/h3,5-10,16,20H,2,4,19H2,1H3. The van der Waals surface area contributed by atoms with Crippen LogP contribution in [0.15, 0.2) is 42.5 Å². The van der Waals surface area contributed by atoms with Gasteiger partial charge in [0.2, 0.25) is 0 Å². The predicted molar refractivity (Wildman–Crippen MR) is 93.8 cm³/mol. The van der Waals surface area contributed by atoms with Crippen molar-refractivity contribution in [2.75, 3.05) is 0 Å². The molecule has 2 nitrogen and oxygen atoms in total. The predicted octanol–water partition coefficient (Wildman–Crippen LogP) is 4.45. The number of rotatable bonds is 5. The highest BCUT2D eigenvalue weighted by molar-refractivity contribution is 14.1. The van der Waals surface area contributed by atoms with Crippen molar-refractivity contribution in [1.82, 2.24) is 5.43 Å². The smallest absolute Gasteiger partial charge is 0.0720 e. The minimum Gasteiger partial charge on any atom is -0.271 e. The fourth-order valence-electron chi connectivity index (χ4n) is 2.32. The van der Waals surface area contributed by atoms with Gasteiger partial charge in [0, 0.05) is 8.59 Å². The molecule has 0 aromatic heterocycles. The lowest BCUT2D eigenvalue weighted by Gasteiger charge is -2.19. The molecule has 0 saturated heterocycles. The summed E-state index contributed by atoms with van der Waals surface area (Å²) in [7, 11) is 0. The summed E-state index contributed by atoms with van der Waals surface area (Å²) in [6.45, 7) is 2.19. The zero-order valence-corrected chi connectivity index (χ0v) is 14.3. The van der Waals surface area contributed by atoms with Crippen molar-refractivity contribution in [3.8, 4) is 0 Å². The molecule has 0 amide bonds. The molecule has 4 heteroatoms. The van der Waals surface area contributed by atoms with Crippen LogP contribution in [0.3, 0.4) is 0 Å². The van der Waals surface area contributed by atoms with Crippen molar-refractivity contribution in [2.24, 2.45) is 5.84 Å². The highest BCUT2D eigenvalue weighted by Gasteiger charge is 2.16. The molecule has 3 N–H and O–H groups in total. The third kappa shape index (κ3) is 3.73. The van der Waals surface area contributed by atoms with E-state index in [1.165, 1.54) is 11.1 Å². The molecule has 20 heavy (non-hydrogen) atoms. The molecule has 0 spiro atoms. The maximum Gasteiger partial charge on any atom is 0.0720 e. The van der Waals surface area contributed by atoms with Crippen molar-refractivity contribution in [3.63, 3.8) is 0 Å². The maximum absolute atomic E-state index is 6.11. The van der Waals surface area contributed by atoms with Gasteiger partial charge in [-0.25, -0.2) is 5.43 Å². The summed E-state index contributed by atoms with van der Waals surface area (Å²) >= 11 is 8.43. The second-order valence-electron chi connectivity index (χ2n) is 4.76. The number of benzene rings is 2. The molecule has 2 rings (SSSR count). The zero-order chi connectivity index (χ0) is 14.5. The van der Waals surface area contributed by atoms with E-state index in [0.717, 1.165) is 27.0 Å². The molecule has 1 atom stereocenters. The van der Waals surface area contributed by atoms with E-state index in [4.69, 9.17) is 17.4 Å². The Labute approximate surface area is 138 Å². The Morgan fingerprint density at radius 3 is 2.75 bits per heavy atom. The number of hydrogen-bond donors (Lipinski definition) is 2. The second kappa shape index (κ2) is 7.41. The average molecular weight is 401 g/mol. The first kappa shape index (κ1) is 15.8. The number of aryl methyl sites for hydroxylation is 1. The fourth-order valence-corrected chi connectivity index (χ4v) is 3.15. The van der Waals surface area contributed by atoms with Gasteiger partial charge in [0.05, 0.1) is 6.04 Å². The molecule has 0 aliphatic rings. The van der Waals surface area contributed by atoms with Crippen molar-refractivity contribution in [2.45, 2.75) is 25.8 Å². The van der Waals surface area contributed by atoms with Gasteiger partial charge in [-0.05, 0) is 63.9 Å². The SMILES string of the molecule is CCCc1cccc(C(NN)c2cc(Cl)ccc2I)c1. The first-order valence-corrected chi connectivity index (χ1v) is 8.11. The Morgan fingerprint density at radius 2 is 2.05 bits per heavy atom. The van der Waals surface area contributed by atoms with Gasteiger partial charge in [-0.15, -0.1) is 0 Å². The van der Waals surface area contributed by atoms with Crippen LogP contribution in [0, 0.1) is 3.57 Å². The van der Waals surface area contributed by atoms with Crippen LogP contribution in [-0.4, -0.2) is 0 Å². The second-order valence-corrected chi connectivity index (χ2v) is 6.36. The normalized spacial score (nSPS) is 12.4. The summed E-state index contributed by atoms with van der Waals surface area (Å²) in [5, 5.41) is 0.727. The molecule has 2 aromatic carbocycles. The van der Waals surface area contributed by atoms with E-state index >= 15 is 0 Å². The highest BCUT2D eigenvalue weighted by atomic mass is 127. The summed E-state index contributed by atoms with van der Waals surface area (Å²) < 4.78 is 1.15. The fraction of sp³-hybridized carbons (Fsp3) is 0.250. The average Bonchev–Trinajstić information content (AvgIpc) is 2.44. The lowest BCUT2D eigenvalue weighted by molar-refractivity contribution is 0.633. The van der Waals surface area contributed by atoms with Gasteiger partial charge in [0.15, 0.2) is 0 Å². The van der Waals surface area contributed by atoms with E-state index in [-0.39, 0.29) is 6.04 Å². The van der Waals surface area contributed by atoms with E-state index in [0.29, 0.717) is 0 Å². The van der Waals surface area contributed by atoms with Gasteiger partial charge >= 0.3 is 0 Å². The quantitative estimate of drug-likeness (QED) is 0.442. The van der Waals surface area contributed by atoms with Crippen molar-refractivity contribution in [3.05, 3.63) is 67.7 Å². The van der Waals surface area contributed by atoms with Crippen LogP contribution in [0.4, 0.5) is 0 Å². The van der Waals surface area contributed by atoms with Crippen molar-refractivity contribution in [1.29, 1.82) is 0 Å². The molecule has 0 aliphatic heterocycles. The zero-order valence-electron chi connectivity index (χ0n) is 11.4. The Morgan fingerprint density at radius 1 is 1.25 bits per heavy atom. The number of hydrazine groups is 1. The molecule has 106 valence electrons. The first-order chi connectivity index (χ1) is 9.65. The molecule has 0 heterocycles. The van der Waals surface area contributed by atoms with Crippen molar-refractivity contribution >= 4 is 34.2 Å². The van der Waals surface area contributed by atoms with Crippen LogP contribution in [0.25, 0.3) is 0 Å². The van der Waals surface area contributed by atoms with E-state index in [2.05, 4.69) is 59.2 Å². The van der Waals surface area contributed by atoms with Crippen LogP contribution in [0.1, 0.15) is 36.1 Å². The Balaban J connectivity index is 2.41. The van der Waals surface area contributed by atoms with E-state index in [1.54, 1.807) is 0 Å². The van der Waals surface area contributed by atoms with Crippen LogP contribution >= 0.6 is 34.2 Å². The third-order valence-electron chi connectivity index (χ3n) is 3.26. The van der Waals surface area contributed by atoms with Crippen LogP contribution < -0.4 is 11.3 Å². The van der Waals surface area contributed by atoms with E-state index < -0.39 is 0 Å². The molecule has 0 fully saturated rings. The highest BCUT2D eigenvalue weighted by Crippen LogP contribution is 2.28. The summed E-state index contributed by atoms with van der Waals surface area (Å²) in [6, 6.07) is 14.4. The summed E-state index contributed by atoms with van der Waals surface area (Å²) in [6.07, 6.45) is 2.22. The number of nitrogens with two attached hydrogens (primary N) is 1. The summed E-state index contributed by atoms with van der Waals surface area (Å²) in [4.78, 5) is 0. The molecule has 0 bridgehead atoms. The Kier molecular flexibility index (Phi) is 5.84. The van der Waals surface area contributed by atoms with Crippen molar-refractivity contribution < 1.29 is 0 Å². The van der Waals surface area contributed by atoms with E-state index in [1.807, 2.05) is 18.2 Å². The largest absolute Gasteiger partial charge is 0.271 e. The van der Waals surface area contributed by atoms with E-state index in [9.17, 15) is 0 Å². The molecule has 1 unspecified atom stereocenters. The molecule has 0 aliphatic carbocycles. The van der Waals surface area contributed by atoms with Gasteiger partial charge in [-0.2, -0.15) is 0 Å². The van der Waals surface area contributed by atoms with Crippen LogP contribution in [0.5, 0.6) is 0 Å². The topological polar surface area (TPSA) is 38.0 Å². The minimum atomic E-state index is -0.0441. The molecular formula is C16H18ClIN2. The molecule has 0 radical (unpaired) electrons. The van der Waals surface area contributed by atoms with Gasteiger partial charge in [-0.3, -0.25) is 5.84 Å². The summed E-state index contributed by atoms with van der Waals surface area (Å²) in [5.74, 6) is 5.78. The Hall–Kier alpha value is -0.620. The Bertz CT molecular complexity index is 586. The number of nitrogens with one attached hydrogen (secondary N) is 1. The maximum atomic E-state index is 6.11. The minimum absolute atomic E-state index is 0.0441. The van der Waals surface area contributed by atoms with Gasteiger partial charge in [0.1, 0.15) is 0 Å². The molecule has 2 aromatic rings. The summed E-state index contributed by atoms with van der Waals surface area (Å²) in [5.41, 5.74) is 6.52. The lowest BCUT2D eigenvalue weighted by Crippen LogP contribution is -2.29.